The van der Waals surface area contributed by atoms with Gasteiger partial charge in [-0.3, -0.25) is 0 Å². The Bertz CT molecular complexity index is 332. The van der Waals surface area contributed by atoms with Crippen molar-refractivity contribution in [3.8, 4) is 5.75 Å². The monoisotopic (exact) mass is 281 g/mol. The van der Waals surface area contributed by atoms with Crippen LogP contribution in [0.5, 0.6) is 5.75 Å². The molecule has 1 rings (SSSR count). The smallest absolute Gasteiger partial charge is 0.156 e. The van der Waals surface area contributed by atoms with E-state index in [4.69, 9.17) is 39.5 Å². The maximum Gasteiger partial charge on any atom is 0.156 e. The number of nitrogens with one attached hydrogen (secondary N) is 1. The number of ether oxygens (including phenoxy) is 1. The molecule has 1 aromatic carbocycles. The number of hydrogen-bond donors (Lipinski definition) is 1. The zero-order chi connectivity index (χ0) is 12.1. The highest BCUT2D eigenvalue weighted by Crippen LogP contribution is 2.35. The molecule has 16 heavy (non-hydrogen) atoms. The Morgan fingerprint density at radius 2 is 1.75 bits per heavy atom. The minimum Gasteiger partial charge on any atom is -0.489 e. The fourth-order valence-electron chi connectivity index (χ4n) is 1.17. The molecule has 0 aliphatic carbocycles. The minimum absolute atomic E-state index is 0.430. The van der Waals surface area contributed by atoms with E-state index in [1.165, 1.54) is 0 Å². The molecule has 2 nitrogen and oxygen atoms in total. The van der Waals surface area contributed by atoms with Crippen LogP contribution < -0.4 is 10.1 Å². The van der Waals surface area contributed by atoms with E-state index in [0.717, 1.165) is 6.54 Å². The first-order valence-electron chi connectivity index (χ1n) is 5.01. The van der Waals surface area contributed by atoms with E-state index in [9.17, 15) is 0 Å². The largest absolute Gasteiger partial charge is 0.489 e. The maximum absolute atomic E-state index is 5.96. The predicted octanol–water partition coefficient (Wildman–Crippen LogP) is 4.02. The maximum atomic E-state index is 5.96. The Morgan fingerprint density at radius 3 is 2.25 bits per heavy atom. The van der Waals surface area contributed by atoms with Gasteiger partial charge in [-0.05, 0) is 12.1 Å². The van der Waals surface area contributed by atoms with Gasteiger partial charge in [0, 0.05) is 17.6 Å². The zero-order valence-electron chi connectivity index (χ0n) is 9.19. The van der Waals surface area contributed by atoms with E-state index in [1.807, 2.05) is 0 Å². The normalized spacial score (nSPS) is 10.9. The molecule has 5 heteroatoms. The van der Waals surface area contributed by atoms with Crippen LogP contribution in [-0.2, 0) is 0 Å². The van der Waals surface area contributed by atoms with Crippen molar-refractivity contribution in [3.05, 3.63) is 27.2 Å². The van der Waals surface area contributed by atoms with Crippen molar-refractivity contribution >= 4 is 34.8 Å². The van der Waals surface area contributed by atoms with Gasteiger partial charge in [-0.25, -0.2) is 0 Å². The van der Waals surface area contributed by atoms with Gasteiger partial charge in [-0.2, -0.15) is 0 Å². The summed E-state index contributed by atoms with van der Waals surface area (Å²) in [7, 11) is 0. The molecule has 0 saturated carbocycles. The van der Waals surface area contributed by atoms with Crippen molar-refractivity contribution in [3.63, 3.8) is 0 Å². The molecule has 0 aliphatic heterocycles. The Hall–Kier alpha value is -0.150. The van der Waals surface area contributed by atoms with Crippen molar-refractivity contribution in [1.82, 2.24) is 5.32 Å². The summed E-state index contributed by atoms with van der Waals surface area (Å²) in [6, 6.07) is 3.65. The van der Waals surface area contributed by atoms with Gasteiger partial charge in [-0.15, -0.1) is 0 Å². The quantitative estimate of drug-likeness (QED) is 0.824. The minimum atomic E-state index is 0.430. The zero-order valence-corrected chi connectivity index (χ0v) is 11.5. The van der Waals surface area contributed by atoms with E-state index < -0.39 is 0 Å². The van der Waals surface area contributed by atoms with Gasteiger partial charge in [0.05, 0.1) is 10.0 Å². The number of hydrogen-bond acceptors (Lipinski definition) is 2. The van der Waals surface area contributed by atoms with Crippen LogP contribution in [0.3, 0.4) is 0 Å². The van der Waals surface area contributed by atoms with E-state index in [0.29, 0.717) is 33.5 Å². The van der Waals surface area contributed by atoms with Gasteiger partial charge < -0.3 is 10.1 Å². The highest BCUT2D eigenvalue weighted by molar-refractivity contribution is 6.40. The molecule has 0 aliphatic rings. The molecule has 0 fully saturated rings. The lowest BCUT2D eigenvalue weighted by Gasteiger charge is -2.12. The summed E-state index contributed by atoms with van der Waals surface area (Å²) < 4.78 is 5.49. The molecule has 1 aromatic rings. The van der Waals surface area contributed by atoms with Crippen LogP contribution in [0.25, 0.3) is 0 Å². The van der Waals surface area contributed by atoms with Gasteiger partial charge >= 0.3 is 0 Å². The summed E-state index contributed by atoms with van der Waals surface area (Å²) in [6.07, 6.45) is 0. The number of rotatable bonds is 5. The van der Waals surface area contributed by atoms with Crippen LogP contribution in [0, 0.1) is 0 Å². The van der Waals surface area contributed by atoms with Gasteiger partial charge in [0.1, 0.15) is 6.61 Å². The molecule has 0 amide bonds. The Morgan fingerprint density at radius 1 is 1.19 bits per heavy atom. The van der Waals surface area contributed by atoms with Crippen molar-refractivity contribution in [2.24, 2.45) is 0 Å². The molecule has 0 spiro atoms. The molecular weight excluding hydrogens is 268 g/mol. The summed E-state index contributed by atoms with van der Waals surface area (Å²) >= 11 is 17.7. The molecular formula is C11H14Cl3NO. The average Bonchev–Trinajstić information content (AvgIpc) is 2.14. The second-order valence-electron chi connectivity index (χ2n) is 3.66. The van der Waals surface area contributed by atoms with Crippen molar-refractivity contribution in [2.45, 2.75) is 19.9 Å². The third-order valence-corrected chi connectivity index (χ3v) is 2.64. The standard InChI is InChI=1S/C11H14Cl3NO/c1-7(2)15-3-4-16-11-9(13)5-8(12)6-10(11)14/h5-7,15H,3-4H2,1-2H3. The van der Waals surface area contributed by atoms with Crippen LogP contribution in [-0.4, -0.2) is 19.2 Å². The van der Waals surface area contributed by atoms with Crippen molar-refractivity contribution < 1.29 is 4.74 Å². The fraction of sp³-hybridized carbons (Fsp3) is 0.455. The highest BCUT2D eigenvalue weighted by Gasteiger charge is 2.08. The summed E-state index contributed by atoms with van der Waals surface area (Å²) in [4.78, 5) is 0. The first-order valence-corrected chi connectivity index (χ1v) is 6.15. The third-order valence-electron chi connectivity index (χ3n) is 1.86. The summed E-state index contributed by atoms with van der Waals surface area (Å²) in [5, 5.41) is 4.60. The summed E-state index contributed by atoms with van der Waals surface area (Å²) in [5.74, 6) is 0.485. The molecule has 0 heterocycles. The lowest BCUT2D eigenvalue weighted by Crippen LogP contribution is -2.27. The molecule has 0 aromatic heterocycles. The summed E-state index contributed by atoms with van der Waals surface area (Å²) in [6.45, 7) is 5.40. The van der Waals surface area contributed by atoms with Crippen LogP contribution in [0.1, 0.15) is 13.8 Å². The SMILES string of the molecule is CC(C)NCCOc1c(Cl)cc(Cl)cc1Cl. The fourth-order valence-corrected chi connectivity index (χ4v) is 2.09. The van der Waals surface area contributed by atoms with Crippen LogP contribution in [0.15, 0.2) is 12.1 Å². The molecule has 0 radical (unpaired) electrons. The number of halogens is 3. The Balaban J connectivity index is 2.54. The van der Waals surface area contributed by atoms with Gasteiger partial charge in [0.25, 0.3) is 0 Å². The predicted molar refractivity (Wildman–Crippen MR) is 70.1 cm³/mol. The van der Waals surface area contributed by atoms with Crippen LogP contribution in [0.2, 0.25) is 15.1 Å². The second kappa shape index (κ2) is 6.55. The molecule has 90 valence electrons. The molecule has 1 N–H and O–H groups in total. The third kappa shape index (κ3) is 4.38. The molecule has 0 bridgehead atoms. The van der Waals surface area contributed by atoms with E-state index in [2.05, 4.69) is 19.2 Å². The Labute approximate surface area is 111 Å². The lowest BCUT2D eigenvalue weighted by atomic mass is 10.3. The molecule has 0 atom stereocenters. The van der Waals surface area contributed by atoms with Gasteiger partial charge in [0.15, 0.2) is 5.75 Å². The van der Waals surface area contributed by atoms with E-state index in [-0.39, 0.29) is 0 Å². The van der Waals surface area contributed by atoms with Gasteiger partial charge in [0.2, 0.25) is 0 Å². The van der Waals surface area contributed by atoms with E-state index in [1.54, 1.807) is 12.1 Å². The van der Waals surface area contributed by atoms with Crippen molar-refractivity contribution in [1.29, 1.82) is 0 Å². The highest BCUT2D eigenvalue weighted by atomic mass is 35.5. The molecule has 0 saturated heterocycles. The first-order chi connectivity index (χ1) is 7.50. The van der Waals surface area contributed by atoms with Crippen LogP contribution in [0.4, 0.5) is 0 Å². The van der Waals surface area contributed by atoms with Gasteiger partial charge in [-0.1, -0.05) is 48.7 Å². The van der Waals surface area contributed by atoms with Crippen LogP contribution >= 0.6 is 34.8 Å². The topological polar surface area (TPSA) is 21.3 Å². The first kappa shape index (κ1) is 13.9. The average molecular weight is 283 g/mol. The van der Waals surface area contributed by atoms with Crippen molar-refractivity contribution in [2.75, 3.05) is 13.2 Å². The molecule has 0 unspecified atom stereocenters. The Kier molecular flexibility index (Phi) is 5.70. The summed E-state index contributed by atoms with van der Waals surface area (Å²) in [5.41, 5.74) is 0. The van der Waals surface area contributed by atoms with E-state index >= 15 is 0 Å². The second-order valence-corrected chi connectivity index (χ2v) is 4.91. The lowest BCUT2D eigenvalue weighted by molar-refractivity contribution is 0.309. The number of benzene rings is 1.